The molecule has 108 valence electrons. The van der Waals surface area contributed by atoms with E-state index in [1.165, 1.54) is 5.56 Å². The molecule has 4 nitrogen and oxygen atoms in total. The van der Waals surface area contributed by atoms with Crippen molar-refractivity contribution < 1.29 is 13.2 Å². The lowest BCUT2D eigenvalue weighted by molar-refractivity contribution is 0.414. The van der Waals surface area contributed by atoms with Crippen molar-refractivity contribution in [2.45, 2.75) is 25.5 Å². The Bertz CT molecular complexity index is 466. The zero-order chi connectivity index (χ0) is 14.3. The minimum atomic E-state index is -2.93. The molecule has 0 saturated carbocycles. The Kier molecular flexibility index (Phi) is 6.31. The molecule has 1 N–H and O–H groups in total. The molecule has 1 aromatic carbocycles. The van der Waals surface area contributed by atoms with Crippen LogP contribution in [-0.2, 0) is 16.3 Å². The summed E-state index contributed by atoms with van der Waals surface area (Å²) in [5.41, 5.74) is 1.21. The number of sulfone groups is 1. The van der Waals surface area contributed by atoms with E-state index in [1.54, 1.807) is 21.0 Å². The predicted octanol–water partition coefficient (Wildman–Crippen LogP) is 1.65. The normalized spacial score (nSPS) is 11.8. The van der Waals surface area contributed by atoms with Crippen LogP contribution in [0.4, 0.5) is 0 Å². The van der Waals surface area contributed by atoms with E-state index in [-0.39, 0.29) is 11.0 Å². The van der Waals surface area contributed by atoms with E-state index in [0.717, 1.165) is 18.7 Å². The van der Waals surface area contributed by atoms with Crippen molar-refractivity contribution in [2.24, 2.45) is 0 Å². The summed E-state index contributed by atoms with van der Waals surface area (Å²) < 4.78 is 28.2. The molecular weight excluding hydrogens is 262 g/mol. The maximum Gasteiger partial charge on any atom is 0.153 e. The van der Waals surface area contributed by atoms with Crippen LogP contribution in [0.25, 0.3) is 0 Å². The zero-order valence-electron chi connectivity index (χ0n) is 11.8. The summed E-state index contributed by atoms with van der Waals surface area (Å²) in [5.74, 6) is 1.05. The van der Waals surface area contributed by atoms with Crippen LogP contribution in [0.3, 0.4) is 0 Å². The van der Waals surface area contributed by atoms with Crippen molar-refractivity contribution in [1.82, 2.24) is 5.32 Å². The first-order valence-electron chi connectivity index (χ1n) is 6.51. The van der Waals surface area contributed by atoms with E-state index in [0.29, 0.717) is 6.54 Å². The van der Waals surface area contributed by atoms with Crippen molar-refractivity contribution in [1.29, 1.82) is 0 Å². The molecule has 0 aliphatic carbocycles. The number of nitrogens with one attached hydrogen (secondary N) is 1. The molecule has 0 aliphatic heterocycles. The Morgan fingerprint density at radius 1 is 1.16 bits per heavy atom. The third kappa shape index (κ3) is 5.61. The van der Waals surface area contributed by atoms with Gasteiger partial charge in [-0.15, -0.1) is 0 Å². The molecule has 1 aromatic rings. The largest absolute Gasteiger partial charge is 0.497 e. The van der Waals surface area contributed by atoms with Crippen LogP contribution >= 0.6 is 0 Å². The molecule has 0 amide bonds. The van der Waals surface area contributed by atoms with Crippen LogP contribution in [-0.4, -0.2) is 39.6 Å². The van der Waals surface area contributed by atoms with Gasteiger partial charge in [0.1, 0.15) is 5.75 Å². The Morgan fingerprint density at radius 2 is 1.79 bits per heavy atom. The van der Waals surface area contributed by atoms with Gasteiger partial charge < -0.3 is 10.1 Å². The maximum absolute atomic E-state index is 11.6. The van der Waals surface area contributed by atoms with E-state index < -0.39 is 9.84 Å². The summed E-state index contributed by atoms with van der Waals surface area (Å²) in [6, 6.07) is 7.90. The second kappa shape index (κ2) is 7.50. The van der Waals surface area contributed by atoms with Gasteiger partial charge in [-0.05, 0) is 44.5 Å². The topological polar surface area (TPSA) is 55.4 Å². The second-order valence-corrected chi connectivity index (χ2v) is 7.44. The molecule has 1 rings (SSSR count). The van der Waals surface area contributed by atoms with Gasteiger partial charge in [-0.2, -0.15) is 0 Å². The highest BCUT2D eigenvalue weighted by Gasteiger charge is 2.14. The summed E-state index contributed by atoms with van der Waals surface area (Å²) in [4.78, 5) is 0. The molecule has 0 bridgehead atoms. The van der Waals surface area contributed by atoms with Crippen LogP contribution in [0.1, 0.15) is 19.4 Å². The number of rotatable bonds is 8. The number of benzene rings is 1. The monoisotopic (exact) mass is 285 g/mol. The van der Waals surface area contributed by atoms with Crippen molar-refractivity contribution in [2.75, 3.05) is 26.0 Å². The fraction of sp³-hybridized carbons (Fsp3) is 0.571. The van der Waals surface area contributed by atoms with Gasteiger partial charge in [0.05, 0.1) is 18.1 Å². The molecule has 0 saturated heterocycles. The van der Waals surface area contributed by atoms with E-state index in [1.807, 2.05) is 24.3 Å². The smallest absolute Gasteiger partial charge is 0.153 e. The third-order valence-electron chi connectivity index (χ3n) is 3.03. The lowest BCUT2D eigenvalue weighted by atomic mass is 10.1. The van der Waals surface area contributed by atoms with Gasteiger partial charge in [-0.3, -0.25) is 0 Å². The molecule has 0 unspecified atom stereocenters. The summed E-state index contributed by atoms with van der Waals surface area (Å²) in [7, 11) is -1.29. The molecule has 0 atom stereocenters. The van der Waals surface area contributed by atoms with Gasteiger partial charge in [-0.1, -0.05) is 12.1 Å². The maximum atomic E-state index is 11.6. The summed E-state index contributed by atoms with van der Waals surface area (Å²) in [5, 5.41) is 2.87. The fourth-order valence-corrected chi connectivity index (χ4v) is 2.50. The number of ether oxygens (including phenoxy) is 1. The van der Waals surface area contributed by atoms with E-state index >= 15 is 0 Å². The average molecular weight is 285 g/mol. The van der Waals surface area contributed by atoms with E-state index in [4.69, 9.17) is 4.74 Å². The van der Waals surface area contributed by atoms with Gasteiger partial charge in [0, 0.05) is 6.54 Å². The highest BCUT2D eigenvalue weighted by Crippen LogP contribution is 2.11. The molecule has 0 aromatic heterocycles. The SMILES string of the molecule is COc1ccc(CCNCCS(=O)(=O)C(C)C)cc1. The van der Waals surface area contributed by atoms with Crippen molar-refractivity contribution in [3.05, 3.63) is 29.8 Å². The van der Waals surface area contributed by atoms with Crippen molar-refractivity contribution in [3.63, 3.8) is 0 Å². The minimum Gasteiger partial charge on any atom is -0.497 e. The number of methoxy groups -OCH3 is 1. The lowest BCUT2D eigenvalue weighted by Crippen LogP contribution is -2.28. The van der Waals surface area contributed by atoms with E-state index in [2.05, 4.69) is 5.32 Å². The molecule has 0 spiro atoms. The summed E-state index contributed by atoms with van der Waals surface area (Å²) in [6.45, 7) is 4.72. The third-order valence-corrected chi connectivity index (χ3v) is 5.24. The standard InChI is InChI=1S/C14H23NO3S/c1-12(2)19(16,17)11-10-15-9-8-13-4-6-14(18-3)7-5-13/h4-7,12,15H,8-11H2,1-3H3. The summed E-state index contributed by atoms with van der Waals surface area (Å²) in [6.07, 6.45) is 0.881. The van der Waals surface area contributed by atoms with Crippen LogP contribution in [0.2, 0.25) is 0 Å². The predicted molar refractivity (Wildman–Crippen MR) is 78.5 cm³/mol. The summed E-state index contributed by atoms with van der Waals surface area (Å²) >= 11 is 0. The van der Waals surface area contributed by atoms with Gasteiger partial charge in [-0.25, -0.2) is 8.42 Å². The Balaban J connectivity index is 2.24. The highest BCUT2D eigenvalue weighted by molar-refractivity contribution is 7.92. The first-order valence-corrected chi connectivity index (χ1v) is 8.22. The lowest BCUT2D eigenvalue weighted by Gasteiger charge is -2.09. The quantitative estimate of drug-likeness (QED) is 0.738. The van der Waals surface area contributed by atoms with Gasteiger partial charge >= 0.3 is 0 Å². The van der Waals surface area contributed by atoms with Gasteiger partial charge in [0.25, 0.3) is 0 Å². The molecule has 0 fully saturated rings. The van der Waals surface area contributed by atoms with Gasteiger partial charge in [0.2, 0.25) is 0 Å². The minimum absolute atomic E-state index is 0.202. The second-order valence-electron chi connectivity index (χ2n) is 4.76. The van der Waals surface area contributed by atoms with Crippen LogP contribution in [0.5, 0.6) is 5.75 Å². The van der Waals surface area contributed by atoms with Crippen LogP contribution in [0.15, 0.2) is 24.3 Å². The first kappa shape index (κ1) is 16.0. The van der Waals surface area contributed by atoms with Crippen molar-refractivity contribution >= 4 is 9.84 Å². The molecule has 0 radical (unpaired) electrons. The molecule has 5 heteroatoms. The molecule has 0 aliphatic rings. The van der Waals surface area contributed by atoms with Crippen LogP contribution < -0.4 is 10.1 Å². The Morgan fingerprint density at radius 3 is 2.32 bits per heavy atom. The van der Waals surface area contributed by atoms with Crippen molar-refractivity contribution in [3.8, 4) is 5.75 Å². The molecular formula is C14H23NO3S. The fourth-order valence-electron chi connectivity index (χ4n) is 1.60. The highest BCUT2D eigenvalue weighted by atomic mass is 32.2. The Labute approximate surface area is 116 Å². The Hall–Kier alpha value is -1.07. The first-order chi connectivity index (χ1) is 8.95. The molecule has 0 heterocycles. The number of hydrogen-bond acceptors (Lipinski definition) is 4. The van der Waals surface area contributed by atoms with Crippen LogP contribution in [0, 0.1) is 0 Å². The average Bonchev–Trinajstić information content (AvgIpc) is 2.38. The van der Waals surface area contributed by atoms with Gasteiger partial charge in [0.15, 0.2) is 9.84 Å². The van der Waals surface area contributed by atoms with E-state index in [9.17, 15) is 8.42 Å². The zero-order valence-corrected chi connectivity index (χ0v) is 12.7. The molecule has 19 heavy (non-hydrogen) atoms. The number of hydrogen-bond donors (Lipinski definition) is 1.